The van der Waals surface area contributed by atoms with Crippen molar-refractivity contribution in [2.24, 2.45) is 5.73 Å². The van der Waals surface area contributed by atoms with Crippen LogP contribution in [0.15, 0.2) is 24.3 Å². The number of hydrogen-bond donors (Lipinski definition) is 1. The van der Waals surface area contributed by atoms with Crippen LogP contribution in [0, 0.1) is 0 Å². The molecule has 1 atom stereocenters. The lowest BCUT2D eigenvalue weighted by atomic mass is 10.1. The second-order valence-corrected chi connectivity index (χ2v) is 5.65. The quantitative estimate of drug-likeness (QED) is 0.850. The first-order valence-electron chi connectivity index (χ1n) is 6.17. The van der Waals surface area contributed by atoms with E-state index in [1.807, 2.05) is 24.3 Å². The van der Waals surface area contributed by atoms with Crippen molar-refractivity contribution >= 4 is 17.2 Å². The van der Waals surface area contributed by atoms with Gasteiger partial charge in [0.2, 0.25) is 0 Å². The van der Waals surface area contributed by atoms with Crippen LogP contribution in [-0.2, 0) is 4.74 Å². The van der Waals surface area contributed by atoms with Crippen molar-refractivity contribution in [2.45, 2.75) is 38.4 Å². The molecule has 0 spiro atoms. The predicted octanol–water partition coefficient (Wildman–Crippen LogP) is 2.66. The minimum absolute atomic E-state index is 0.0310. The van der Waals surface area contributed by atoms with E-state index in [4.69, 9.17) is 27.4 Å². The van der Waals surface area contributed by atoms with Gasteiger partial charge >= 0.3 is 0 Å². The van der Waals surface area contributed by atoms with E-state index in [-0.39, 0.29) is 11.7 Å². The van der Waals surface area contributed by atoms with Gasteiger partial charge in [-0.1, -0.05) is 24.4 Å². The smallest absolute Gasteiger partial charge is 0.129 e. The van der Waals surface area contributed by atoms with E-state index in [0.717, 1.165) is 24.2 Å². The van der Waals surface area contributed by atoms with Gasteiger partial charge in [0.05, 0.1) is 17.3 Å². The number of hydrogen-bond acceptors (Lipinski definition) is 3. The molecule has 0 saturated carbocycles. The number of thiocarbonyl (C=S) groups is 1. The second kappa shape index (κ2) is 5.24. The molecule has 1 aromatic carbocycles. The largest absolute Gasteiger partial charge is 0.490 e. The number of para-hydroxylation sites is 1. The van der Waals surface area contributed by atoms with E-state index in [1.54, 1.807) is 0 Å². The number of benzene rings is 1. The van der Waals surface area contributed by atoms with Gasteiger partial charge in [-0.2, -0.15) is 0 Å². The van der Waals surface area contributed by atoms with Gasteiger partial charge in [-0.3, -0.25) is 0 Å². The highest BCUT2D eigenvalue weighted by Crippen LogP contribution is 2.30. The lowest BCUT2D eigenvalue weighted by Gasteiger charge is -2.20. The topological polar surface area (TPSA) is 44.5 Å². The van der Waals surface area contributed by atoms with Crippen molar-refractivity contribution in [3.63, 3.8) is 0 Å². The molecule has 0 aliphatic carbocycles. The van der Waals surface area contributed by atoms with Crippen molar-refractivity contribution < 1.29 is 9.47 Å². The second-order valence-electron chi connectivity index (χ2n) is 5.21. The fourth-order valence-corrected chi connectivity index (χ4v) is 2.34. The highest BCUT2D eigenvalue weighted by molar-refractivity contribution is 7.80. The summed E-state index contributed by atoms with van der Waals surface area (Å²) in [5.41, 5.74) is 6.41. The summed E-state index contributed by atoms with van der Waals surface area (Å²) in [4.78, 5) is 0.360. The zero-order valence-electron chi connectivity index (χ0n) is 10.8. The third kappa shape index (κ3) is 3.21. The minimum Gasteiger partial charge on any atom is -0.490 e. The summed E-state index contributed by atoms with van der Waals surface area (Å²) in [5.74, 6) is 0.735. The molecular formula is C14H19NO2S. The fourth-order valence-electron chi connectivity index (χ4n) is 2.17. The highest BCUT2D eigenvalue weighted by Gasteiger charge is 2.31. The third-order valence-electron chi connectivity index (χ3n) is 3.13. The molecule has 98 valence electrons. The molecule has 1 unspecified atom stereocenters. The molecule has 1 aliphatic rings. The van der Waals surface area contributed by atoms with E-state index in [0.29, 0.717) is 11.6 Å². The maximum Gasteiger partial charge on any atom is 0.129 e. The van der Waals surface area contributed by atoms with Gasteiger partial charge in [-0.25, -0.2) is 0 Å². The van der Waals surface area contributed by atoms with Crippen LogP contribution in [-0.4, -0.2) is 23.3 Å². The van der Waals surface area contributed by atoms with Crippen LogP contribution in [0.1, 0.15) is 32.3 Å². The zero-order valence-corrected chi connectivity index (χ0v) is 11.6. The van der Waals surface area contributed by atoms with Gasteiger partial charge in [-0.15, -0.1) is 0 Å². The van der Waals surface area contributed by atoms with Crippen molar-refractivity contribution in [1.82, 2.24) is 0 Å². The van der Waals surface area contributed by atoms with E-state index < -0.39 is 0 Å². The fraction of sp³-hybridized carbons (Fsp3) is 0.500. The summed E-state index contributed by atoms with van der Waals surface area (Å²) in [5, 5.41) is 0. The molecule has 1 aliphatic heterocycles. The maximum atomic E-state index is 5.88. The van der Waals surface area contributed by atoms with Crippen molar-refractivity contribution in [2.75, 3.05) is 6.61 Å². The third-order valence-corrected chi connectivity index (χ3v) is 3.35. The number of nitrogens with two attached hydrogens (primary N) is 1. The van der Waals surface area contributed by atoms with Crippen LogP contribution < -0.4 is 10.5 Å². The molecule has 1 saturated heterocycles. The van der Waals surface area contributed by atoms with Crippen LogP contribution in [0.2, 0.25) is 0 Å². The normalized spacial score (nSPS) is 21.8. The van der Waals surface area contributed by atoms with Gasteiger partial charge in [0.25, 0.3) is 0 Å². The van der Waals surface area contributed by atoms with Gasteiger partial charge in [-0.05, 0) is 38.8 Å². The first-order valence-corrected chi connectivity index (χ1v) is 6.58. The summed E-state index contributed by atoms with van der Waals surface area (Å²) in [7, 11) is 0. The Hall–Kier alpha value is -1.13. The van der Waals surface area contributed by atoms with Crippen molar-refractivity contribution in [3.05, 3.63) is 29.8 Å². The molecule has 4 heteroatoms. The van der Waals surface area contributed by atoms with Crippen LogP contribution >= 0.6 is 12.2 Å². The molecule has 1 fully saturated rings. The monoisotopic (exact) mass is 265 g/mol. The average Bonchev–Trinajstić information content (AvgIpc) is 2.66. The maximum absolute atomic E-state index is 5.88. The summed E-state index contributed by atoms with van der Waals surface area (Å²) in [6.45, 7) is 4.76. The molecule has 2 N–H and O–H groups in total. The standard InChI is InChI=1S/C14H19NO2S/c1-14(2)8-7-10(17-14)9-16-12-6-4-3-5-11(12)13(15)18/h3-6,10H,7-9H2,1-2H3,(H2,15,18). The predicted molar refractivity (Wildman–Crippen MR) is 76.0 cm³/mol. The molecule has 0 amide bonds. The Balaban J connectivity index is 1.97. The van der Waals surface area contributed by atoms with Gasteiger partial charge < -0.3 is 15.2 Å². The van der Waals surface area contributed by atoms with Crippen LogP contribution in [0.3, 0.4) is 0 Å². The number of rotatable bonds is 4. The Labute approximate surface area is 113 Å². The Morgan fingerprint density at radius 1 is 1.50 bits per heavy atom. The van der Waals surface area contributed by atoms with Crippen LogP contribution in [0.5, 0.6) is 5.75 Å². The van der Waals surface area contributed by atoms with Gasteiger partial charge in [0, 0.05) is 0 Å². The highest BCUT2D eigenvalue weighted by atomic mass is 32.1. The number of ether oxygens (including phenoxy) is 2. The molecule has 1 aromatic rings. The van der Waals surface area contributed by atoms with Gasteiger partial charge in [0.1, 0.15) is 17.3 Å². The van der Waals surface area contributed by atoms with E-state index in [9.17, 15) is 0 Å². The molecule has 3 nitrogen and oxygen atoms in total. The van der Waals surface area contributed by atoms with Crippen LogP contribution in [0.4, 0.5) is 0 Å². The summed E-state index contributed by atoms with van der Waals surface area (Å²) in [6.07, 6.45) is 2.25. The van der Waals surface area contributed by atoms with Crippen molar-refractivity contribution in [3.8, 4) is 5.75 Å². The Bertz CT molecular complexity index is 445. The first kappa shape index (κ1) is 13.3. The SMILES string of the molecule is CC1(C)CCC(COc2ccccc2C(N)=S)O1. The molecular weight excluding hydrogens is 246 g/mol. The molecule has 0 radical (unpaired) electrons. The minimum atomic E-state index is -0.0310. The summed E-state index contributed by atoms with van der Waals surface area (Å²) < 4.78 is 11.7. The van der Waals surface area contributed by atoms with Gasteiger partial charge in [0.15, 0.2) is 0 Å². The van der Waals surface area contributed by atoms with E-state index in [1.165, 1.54) is 0 Å². The van der Waals surface area contributed by atoms with Crippen LogP contribution in [0.25, 0.3) is 0 Å². The molecule has 1 heterocycles. The van der Waals surface area contributed by atoms with E-state index >= 15 is 0 Å². The zero-order chi connectivity index (χ0) is 13.2. The molecule has 18 heavy (non-hydrogen) atoms. The molecule has 2 rings (SSSR count). The lowest BCUT2D eigenvalue weighted by Crippen LogP contribution is -2.24. The first-order chi connectivity index (χ1) is 8.48. The van der Waals surface area contributed by atoms with Crippen molar-refractivity contribution in [1.29, 1.82) is 0 Å². The Morgan fingerprint density at radius 3 is 2.83 bits per heavy atom. The summed E-state index contributed by atoms with van der Waals surface area (Å²) >= 11 is 5.00. The summed E-state index contributed by atoms with van der Waals surface area (Å²) in [6, 6.07) is 7.57. The lowest BCUT2D eigenvalue weighted by molar-refractivity contribution is -0.0326. The average molecular weight is 265 g/mol. The molecule has 0 aromatic heterocycles. The Kier molecular flexibility index (Phi) is 3.88. The Morgan fingerprint density at radius 2 is 2.22 bits per heavy atom. The van der Waals surface area contributed by atoms with E-state index in [2.05, 4.69) is 13.8 Å². The molecule has 0 bridgehead atoms.